The molecule has 0 bridgehead atoms. The van der Waals surface area contributed by atoms with Gasteiger partial charge in [-0.05, 0) is 48.8 Å². The molecule has 1 amide bonds. The highest BCUT2D eigenvalue weighted by molar-refractivity contribution is 6.21. The lowest BCUT2D eigenvalue weighted by Gasteiger charge is -2.27. The molecule has 2 aliphatic heterocycles. The van der Waals surface area contributed by atoms with Crippen molar-refractivity contribution in [3.8, 4) is 0 Å². The van der Waals surface area contributed by atoms with Crippen molar-refractivity contribution in [2.45, 2.75) is 37.5 Å². The molecule has 1 N–H and O–H groups in total. The number of benzene rings is 1. The van der Waals surface area contributed by atoms with Gasteiger partial charge in [0, 0.05) is 25.3 Å². The zero-order valence-electron chi connectivity index (χ0n) is 11.5. The van der Waals surface area contributed by atoms with Crippen LogP contribution in [0.15, 0.2) is 18.2 Å². The van der Waals surface area contributed by atoms with Crippen LogP contribution in [-0.2, 0) is 16.0 Å². The van der Waals surface area contributed by atoms with Gasteiger partial charge >= 0.3 is 0 Å². The van der Waals surface area contributed by atoms with E-state index in [4.69, 9.17) is 16.3 Å². The predicted molar refractivity (Wildman–Crippen MR) is 80.1 cm³/mol. The zero-order valence-corrected chi connectivity index (χ0v) is 12.3. The van der Waals surface area contributed by atoms with Gasteiger partial charge in [0.05, 0.1) is 5.38 Å². The summed E-state index contributed by atoms with van der Waals surface area (Å²) < 4.78 is 5.40. The van der Waals surface area contributed by atoms with E-state index in [0.717, 1.165) is 44.6 Å². The Morgan fingerprint density at radius 3 is 2.85 bits per heavy atom. The molecule has 3 rings (SSSR count). The highest BCUT2D eigenvalue weighted by atomic mass is 35.5. The second-order valence-corrected chi connectivity index (χ2v) is 6.14. The minimum Gasteiger partial charge on any atom is -0.381 e. The molecule has 4 heteroatoms. The van der Waals surface area contributed by atoms with E-state index in [0.29, 0.717) is 12.3 Å². The summed E-state index contributed by atoms with van der Waals surface area (Å²) in [5, 5.41) is 3.01. The maximum absolute atomic E-state index is 11.6. The number of carbonyl (C=O) groups excluding carboxylic acids is 1. The number of ether oxygens (including phenoxy) is 1. The molecule has 1 atom stereocenters. The third-order valence-corrected chi connectivity index (χ3v) is 4.86. The van der Waals surface area contributed by atoms with Crippen LogP contribution in [0.4, 0.5) is 5.69 Å². The minimum absolute atomic E-state index is 0.0446. The molecule has 0 saturated carbocycles. The number of halogens is 1. The fourth-order valence-electron chi connectivity index (χ4n) is 3.05. The number of rotatable bonds is 2. The van der Waals surface area contributed by atoms with E-state index in [1.165, 1.54) is 11.1 Å². The minimum atomic E-state index is 0.0446. The third kappa shape index (κ3) is 2.99. The number of nitrogens with one attached hydrogen (secondary N) is 1. The first-order valence-corrected chi connectivity index (χ1v) is 7.82. The number of alkyl halides is 1. The van der Waals surface area contributed by atoms with Gasteiger partial charge in [0.25, 0.3) is 0 Å². The summed E-state index contributed by atoms with van der Waals surface area (Å²) in [5.74, 6) is 0.604. The predicted octanol–water partition coefficient (Wildman–Crippen LogP) is 3.67. The summed E-state index contributed by atoms with van der Waals surface area (Å²) in [5.41, 5.74) is 3.34. The van der Waals surface area contributed by atoms with E-state index in [2.05, 4.69) is 17.4 Å². The molecule has 1 unspecified atom stereocenters. The number of aryl methyl sites for hydroxylation is 1. The second-order valence-electron chi connectivity index (χ2n) is 5.67. The molecular formula is C16H20ClNO2. The smallest absolute Gasteiger partial charge is 0.224 e. The van der Waals surface area contributed by atoms with Crippen LogP contribution < -0.4 is 5.32 Å². The monoisotopic (exact) mass is 293 g/mol. The second kappa shape index (κ2) is 6.15. The summed E-state index contributed by atoms with van der Waals surface area (Å²) >= 11 is 6.65. The quantitative estimate of drug-likeness (QED) is 0.845. The van der Waals surface area contributed by atoms with Gasteiger partial charge in [-0.3, -0.25) is 4.79 Å². The maximum Gasteiger partial charge on any atom is 0.224 e. The Morgan fingerprint density at radius 1 is 1.25 bits per heavy atom. The Morgan fingerprint density at radius 2 is 2.05 bits per heavy atom. The molecule has 108 valence electrons. The summed E-state index contributed by atoms with van der Waals surface area (Å²) in [6.45, 7) is 1.63. The number of carbonyl (C=O) groups is 1. The van der Waals surface area contributed by atoms with Gasteiger partial charge in [0.1, 0.15) is 0 Å². The van der Waals surface area contributed by atoms with Crippen LogP contribution >= 0.6 is 11.6 Å². The average molecular weight is 294 g/mol. The highest BCUT2D eigenvalue weighted by Crippen LogP contribution is 2.37. The van der Waals surface area contributed by atoms with Gasteiger partial charge in [-0.15, -0.1) is 11.6 Å². The Labute approximate surface area is 124 Å². The third-order valence-electron chi connectivity index (χ3n) is 4.25. The molecule has 20 heavy (non-hydrogen) atoms. The van der Waals surface area contributed by atoms with Crippen molar-refractivity contribution in [2.75, 3.05) is 18.5 Å². The lowest BCUT2D eigenvalue weighted by molar-refractivity contribution is -0.116. The van der Waals surface area contributed by atoms with Crippen LogP contribution in [0.25, 0.3) is 0 Å². The van der Waals surface area contributed by atoms with Gasteiger partial charge in [0.15, 0.2) is 0 Å². The number of anilines is 1. The van der Waals surface area contributed by atoms with Crippen molar-refractivity contribution in [3.63, 3.8) is 0 Å². The van der Waals surface area contributed by atoms with Crippen molar-refractivity contribution in [3.05, 3.63) is 29.3 Å². The average Bonchev–Trinajstić information content (AvgIpc) is 2.67. The number of amides is 1. The van der Waals surface area contributed by atoms with Gasteiger partial charge in [-0.1, -0.05) is 12.1 Å². The van der Waals surface area contributed by atoms with Gasteiger partial charge in [-0.25, -0.2) is 0 Å². The Bertz CT molecular complexity index is 497. The lowest BCUT2D eigenvalue weighted by atomic mass is 9.90. The fraction of sp³-hybridized carbons (Fsp3) is 0.562. The normalized spacial score (nSPS) is 21.8. The summed E-state index contributed by atoms with van der Waals surface area (Å²) in [6.07, 6.45) is 4.52. The topological polar surface area (TPSA) is 38.3 Å². The molecule has 2 heterocycles. The number of hydrogen-bond acceptors (Lipinski definition) is 2. The van der Waals surface area contributed by atoms with Gasteiger partial charge in [0.2, 0.25) is 5.91 Å². The van der Waals surface area contributed by atoms with Crippen molar-refractivity contribution in [2.24, 2.45) is 5.92 Å². The van der Waals surface area contributed by atoms with Crippen molar-refractivity contribution < 1.29 is 9.53 Å². The number of fused-ring (bicyclic) bond motifs is 1. The molecule has 2 aliphatic rings. The highest BCUT2D eigenvalue weighted by Gasteiger charge is 2.24. The maximum atomic E-state index is 11.6. The van der Waals surface area contributed by atoms with E-state index in [-0.39, 0.29) is 11.3 Å². The SMILES string of the molecule is O=C1CCCc2cc(C(Cl)C3CCOCC3)ccc2N1. The van der Waals surface area contributed by atoms with E-state index < -0.39 is 0 Å². The summed E-state index contributed by atoms with van der Waals surface area (Å²) in [7, 11) is 0. The van der Waals surface area contributed by atoms with Crippen molar-refractivity contribution >= 4 is 23.2 Å². The van der Waals surface area contributed by atoms with Crippen LogP contribution in [0.3, 0.4) is 0 Å². The fourth-order valence-corrected chi connectivity index (χ4v) is 3.43. The first-order chi connectivity index (χ1) is 9.74. The first kappa shape index (κ1) is 13.9. The van der Waals surface area contributed by atoms with Crippen LogP contribution in [-0.4, -0.2) is 19.1 Å². The van der Waals surface area contributed by atoms with Crippen LogP contribution in [0.1, 0.15) is 42.2 Å². The lowest BCUT2D eigenvalue weighted by Crippen LogP contribution is -2.19. The molecule has 3 nitrogen and oxygen atoms in total. The van der Waals surface area contributed by atoms with Crippen LogP contribution in [0.5, 0.6) is 0 Å². The van der Waals surface area contributed by atoms with E-state index in [1.807, 2.05) is 6.07 Å². The Kier molecular flexibility index (Phi) is 4.27. The largest absolute Gasteiger partial charge is 0.381 e. The summed E-state index contributed by atoms with van der Waals surface area (Å²) in [6, 6.07) is 6.23. The zero-order chi connectivity index (χ0) is 13.9. The number of hydrogen-bond donors (Lipinski definition) is 1. The van der Waals surface area contributed by atoms with Gasteiger partial charge < -0.3 is 10.1 Å². The van der Waals surface area contributed by atoms with E-state index in [9.17, 15) is 4.79 Å². The Balaban J connectivity index is 1.80. The Hall–Kier alpha value is -1.06. The molecule has 0 aromatic heterocycles. The standard InChI is InChI=1S/C16H20ClNO2/c17-16(11-6-8-20-9-7-11)13-4-5-14-12(10-13)2-1-3-15(19)18-14/h4-5,10-11,16H,1-3,6-9H2,(H,18,19). The molecule has 1 saturated heterocycles. The van der Waals surface area contributed by atoms with E-state index >= 15 is 0 Å². The first-order valence-electron chi connectivity index (χ1n) is 7.38. The van der Waals surface area contributed by atoms with Crippen molar-refractivity contribution in [1.29, 1.82) is 0 Å². The molecule has 1 aromatic carbocycles. The molecular weight excluding hydrogens is 274 g/mol. The van der Waals surface area contributed by atoms with E-state index in [1.54, 1.807) is 0 Å². The summed E-state index contributed by atoms with van der Waals surface area (Å²) in [4.78, 5) is 11.6. The van der Waals surface area contributed by atoms with Crippen LogP contribution in [0.2, 0.25) is 0 Å². The molecule has 0 spiro atoms. The molecule has 0 radical (unpaired) electrons. The van der Waals surface area contributed by atoms with Crippen molar-refractivity contribution in [1.82, 2.24) is 0 Å². The van der Waals surface area contributed by atoms with Crippen LogP contribution in [0, 0.1) is 5.92 Å². The molecule has 0 aliphatic carbocycles. The van der Waals surface area contributed by atoms with Gasteiger partial charge in [-0.2, -0.15) is 0 Å². The molecule has 1 fully saturated rings. The molecule has 1 aromatic rings.